The van der Waals surface area contributed by atoms with Crippen LogP contribution >= 0.6 is 23.2 Å². The molecular formula is C19H18Cl2N2O2. The highest BCUT2D eigenvalue weighted by atomic mass is 35.5. The molecule has 0 saturated carbocycles. The fourth-order valence-corrected chi connectivity index (χ4v) is 3.51. The number of hydrazone groups is 1. The van der Waals surface area contributed by atoms with Crippen molar-refractivity contribution in [3.8, 4) is 0 Å². The van der Waals surface area contributed by atoms with Crippen molar-refractivity contribution < 1.29 is 9.53 Å². The minimum absolute atomic E-state index is 0.145. The molecule has 0 bridgehead atoms. The first kappa shape index (κ1) is 17.8. The zero-order valence-electron chi connectivity index (χ0n) is 13.9. The van der Waals surface area contributed by atoms with E-state index in [0.717, 1.165) is 5.56 Å². The van der Waals surface area contributed by atoms with Crippen LogP contribution in [0.3, 0.4) is 0 Å². The van der Waals surface area contributed by atoms with Gasteiger partial charge in [0.05, 0.1) is 23.4 Å². The van der Waals surface area contributed by atoms with Crippen molar-refractivity contribution in [1.29, 1.82) is 0 Å². The van der Waals surface area contributed by atoms with E-state index in [4.69, 9.17) is 27.9 Å². The Balaban J connectivity index is 2.08. The zero-order valence-corrected chi connectivity index (χ0v) is 15.5. The third kappa shape index (κ3) is 3.51. The average Bonchev–Trinajstić information content (AvgIpc) is 2.93. The number of nitrogens with zero attached hydrogens (tertiary/aromatic N) is 2. The summed E-state index contributed by atoms with van der Waals surface area (Å²) in [5.74, 6) is -0.545. The van der Waals surface area contributed by atoms with E-state index >= 15 is 0 Å². The fraction of sp³-hybridized carbons (Fsp3) is 0.263. The second-order valence-corrected chi connectivity index (χ2v) is 6.63. The molecule has 4 nitrogen and oxygen atoms in total. The summed E-state index contributed by atoms with van der Waals surface area (Å²) in [6, 6.07) is 15.0. The number of anilines is 1. The number of ether oxygens (including phenoxy) is 1. The van der Waals surface area contributed by atoms with Crippen molar-refractivity contribution in [2.75, 3.05) is 11.6 Å². The molecule has 0 amide bonds. The van der Waals surface area contributed by atoms with Crippen LogP contribution in [0.5, 0.6) is 0 Å². The minimum Gasteiger partial charge on any atom is -0.461 e. The molecule has 0 spiro atoms. The predicted octanol–water partition coefficient (Wildman–Crippen LogP) is 5.11. The van der Waals surface area contributed by atoms with Crippen molar-refractivity contribution in [3.63, 3.8) is 0 Å². The number of hydrogen-bond donors (Lipinski definition) is 0. The Morgan fingerprint density at radius 3 is 2.56 bits per heavy atom. The molecule has 0 radical (unpaired) electrons. The van der Waals surface area contributed by atoms with Crippen LogP contribution in [0, 0.1) is 5.92 Å². The van der Waals surface area contributed by atoms with Crippen molar-refractivity contribution in [2.24, 2.45) is 11.0 Å². The van der Waals surface area contributed by atoms with E-state index in [0.29, 0.717) is 28.1 Å². The highest BCUT2D eigenvalue weighted by Crippen LogP contribution is 2.42. The van der Waals surface area contributed by atoms with E-state index in [2.05, 4.69) is 5.10 Å². The SMILES string of the molecule is CCOC(=O)C1=NN(c2ccc(Cl)cc2Cl)[C@@H](c2ccccc2)[C@@H]1C. The number of rotatable bonds is 4. The molecule has 1 heterocycles. The number of esters is 1. The normalized spacial score (nSPS) is 19.7. The summed E-state index contributed by atoms with van der Waals surface area (Å²) in [4.78, 5) is 12.3. The van der Waals surface area contributed by atoms with Crippen molar-refractivity contribution >= 4 is 40.6 Å². The van der Waals surface area contributed by atoms with Crippen molar-refractivity contribution in [3.05, 3.63) is 64.1 Å². The topological polar surface area (TPSA) is 41.9 Å². The molecule has 2 aromatic carbocycles. The molecule has 0 unspecified atom stereocenters. The molecular weight excluding hydrogens is 359 g/mol. The Hall–Kier alpha value is -2.04. The Kier molecular flexibility index (Phi) is 5.30. The Bertz CT molecular complexity index is 808. The van der Waals surface area contributed by atoms with Gasteiger partial charge in [-0.3, -0.25) is 5.01 Å². The second kappa shape index (κ2) is 7.46. The number of benzene rings is 2. The lowest BCUT2D eigenvalue weighted by Gasteiger charge is -2.27. The number of carbonyl (C=O) groups excluding carboxylic acids is 1. The monoisotopic (exact) mass is 376 g/mol. The maximum atomic E-state index is 12.3. The molecule has 1 aliphatic rings. The van der Waals surface area contributed by atoms with Crippen molar-refractivity contribution in [1.82, 2.24) is 0 Å². The molecule has 1 aliphatic heterocycles. The van der Waals surface area contributed by atoms with Crippen LogP contribution in [0.1, 0.15) is 25.5 Å². The third-order valence-electron chi connectivity index (χ3n) is 4.17. The summed E-state index contributed by atoms with van der Waals surface area (Å²) < 4.78 is 5.16. The van der Waals surface area contributed by atoms with Gasteiger partial charge in [-0.25, -0.2) is 4.79 Å². The molecule has 130 valence electrons. The van der Waals surface area contributed by atoms with Gasteiger partial charge in [0.1, 0.15) is 0 Å². The summed E-state index contributed by atoms with van der Waals surface area (Å²) in [5.41, 5.74) is 2.14. The summed E-state index contributed by atoms with van der Waals surface area (Å²) in [5, 5.41) is 7.37. The van der Waals surface area contributed by atoms with Gasteiger partial charge in [-0.05, 0) is 30.7 Å². The quantitative estimate of drug-likeness (QED) is 0.696. The highest BCUT2D eigenvalue weighted by Gasteiger charge is 2.40. The maximum Gasteiger partial charge on any atom is 0.354 e. The lowest BCUT2D eigenvalue weighted by atomic mass is 9.91. The van der Waals surface area contributed by atoms with Crippen LogP contribution in [0.4, 0.5) is 5.69 Å². The number of hydrogen-bond acceptors (Lipinski definition) is 4. The van der Waals surface area contributed by atoms with Gasteiger partial charge < -0.3 is 4.74 Å². The smallest absolute Gasteiger partial charge is 0.354 e. The molecule has 6 heteroatoms. The van der Waals surface area contributed by atoms with E-state index in [1.54, 1.807) is 24.1 Å². The molecule has 0 aliphatic carbocycles. The standard InChI is InChI=1S/C19H18Cl2N2O2/c1-3-25-19(24)17-12(2)18(13-7-5-4-6-8-13)23(22-17)16-10-9-14(20)11-15(16)21/h4-12,18H,3H2,1-2H3/t12-,18-/m1/s1. The van der Waals surface area contributed by atoms with Crippen LogP contribution in [-0.4, -0.2) is 18.3 Å². The number of halogens is 2. The van der Waals surface area contributed by atoms with Crippen LogP contribution in [0.15, 0.2) is 53.6 Å². The van der Waals surface area contributed by atoms with Gasteiger partial charge in [0.2, 0.25) is 0 Å². The summed E-state index contributed by atoms with van der Waals surface area (Å²) in [6.45, 7) is 4.06. The predicted molar refractivity (Wildman–Crippen MR) is 101 cm³/mol. The summed E-state index contributed by atoms with van der Waals surface area (Å²) in [7, 11) is 0. The molecule has 2 atom stereocenters. The van der Waals surface area contributed by atoms with E-state index in [1.165, 1.54) is 0 Å². The van der Waals surface area contributed by atoms with E-state index < -0.39 is 5.97 Å². The van der Waals surface area contributed by atoms with Gasteiger partial charge >= 0.3 is 5.97 Å². The molecule has 0 N–H and O–H groups in total. The molecule has 0 fully saturated rings. The summed E-state index contributed by atoms with van der Waals surface area (Å²) in [6.07, 6.45) is 0. The Labute approximate surface area is 157 Å². The van der Waals surface area contributed by atoms with E-state index in [9.17, 15) is 4.79 Å². The van der Waals surface area contributed by atoms with Gasteiger partial charge in [0.15, 0.2) is 5.71 Å². The molecule has 3 rings (SSSR count). The molecule has 0 aromatic heterocycles. The Morgan fingerprint density at radius 2 is 1.92 bits per heavy atom. The highest BCUT2D eigenvalue weighted by molar-refractivity contribution is 6.39. The lowest BCUT2D eigenvalue weighted by molar-refractivity contribution is -0.135. The van der Waals surface area contributed by atoms with E-state index in [-0.39, 0.29) is 12.0 Å². The fourth-order valence-electron chi connectivity index (χ4n) is 3.01. The molecule has 0 saturated heterocycles. The first-order chi connectivity index (χ1) is 12.0. The van der Waals surface area contributed by atoms with Crippen LogP contribution in [0.25, 0.3) is 0 Å². The van der Waals surface area contributed by atoms with Gasteiger partial charge in [0, 0.05) is 10.9 Å². The zero-order chi connectivity index (χ0) is 18.0. The van der Waals surface area contributed by atoms with Gasteiger partial charge in [0.25, 0.3) is 0 Å². The number of carbonyl (C=O) groups is 1. The van der Waals surface area contributed by atoms with Crippen LogP contribution in [0.2, 0.25) is 10.0 Å². The average molecular weight is 377 g/mol. The second-order valence-electron chi connectivity index (χ2n) is 5.79. The maximum absolute atomic E-state index is 12.3. The largest absolute Gasteiger partial charge is 0.461 e. The first-order valence-electron chi connectivity index (χ1n) is 8.07. The van der Waals surface area contributed by atoms with Gasteiger partial charge in [-0.2, -0.15) is 5.10 Å². The lowest BCUT2D eigenvalue weighted by Crippen LogP contribution is -2.27. The summed E-state index contributed by atoms with van der Waals surface area (Å²) >= 11 is 12.4. The Morgan fingerprint density at radius 1 is 1.20 bits per heavy atom. The van der Waals surface area contributed by atoms with Crippen LogP contribution < -0.4 is 5.01 Å². The minimum atomic E-state index is -0.400. The molecule has 2 aromatic rings. The first-order valence-corrected chi connectivity index (χ1v) is 8.83. The van der Waals surface area contributed by atoms with Crippen LogP contribution in [-0.2, 0) is 9.53 Å². The third-order valence-corrected chi connectivity index (χ3v) is 4.70. The van der Waals surface area contributed by atoms with E-state index in [1.807, 2.05) is 43.3 Å². The molecule has 25 heavy (non-hydrogen) atoms. The van der Waals surface area contributed by atoms with Gasteiger partial charge in [-0.15, -0.1) is 0 Å². The van der Waals surface area contributed by atoms with Crippen molar-refractivity contribution in [2.45, 2.75) is 19.9 Å². The van der Waals surface area contributed by atoms with Gasteiger partial charge in [-0.1, -0.05) is 60.5 Å².